The molecule has 0 atom stereocenters. The van der Waals surface area contributed by atoms with Gasteiger partial charge in [0, 0.05) is 0 Å². The molecule has 0 aromatic rings. The van der Waals surface area contributed by atoms with Gasteiger partial charge in [-0.25, -0.2) is 0 Å². The Bertz CT molecular complexity index is 16.5. The second kappa shape index (κ2) is 22.8. The van der Waals surface area contributed by atoms with Crippen molar-refractivity contribution in [1.29, 1.82) is 0 Å². The molecular weight excluding hydrogens is 136 g/mol. The molecule has 9 heavy (non-hydrogen) atoms. The topological polar surface area (TPSA) is 0 Å². The Morgan fingerprint density at radius 2 is 1.56 bits per heavy atom. The zero-order valence-electron chi connectivity index (χ0n) is 6.95. The third-order valence-electron chi connectivity index (χ3n) is 0.854. The first kappa shape index (κ1) is 16.7. The van der Waals surface area contributed by atoms with Gasteiger partial charge in [0.2, 0.25) is 0 Å². The number of hydrogen-bond acceptors (Lipinski definition) is 0. The fourth-order valence-corrected chi connectivity index (χ4v) is 0.427. The summed E-state index contributed by atoms with van der Waals surface area (Å²) in [5.74, 6) is 0. The molecule has 0 aliphatic heterocycles. The SMILES string of the molecule is [CH2-]C.[CH2-]CCCCC.[Ca+2]. The summed E-state index contributed by atoms with van der Waals surface area (Å²) in [6.07, 6.45) is 5.07. The van der Waals surface area contributed by atoms with Crippen LogP contribution in [0.3, 0.4) is 0 Å². The number of hydrogen-bond donors (Lipinski definition) is 0. The van der Waals surface area contributed by atoms with Crippen molar-refractivity contribution in [3.8, 4) is 0 Å². The molecule has 0 fully saturated rings. The van der Waals surface area contributed by atoms with E-state index in [0.717, 1.165) is 6.42 Å². The summed E-state index contributed by atoms with van der Waals surface area (Å²) < 4.78 is 0. The maximum Gasteiger partial charge on any atom is 2.00 e. The largest absolute Gasteiger partial charge is 2.00 e. The molecule has 0 aliphatic carbocycles. The maximum absolute atomic E-state index is 3.72. The van der Waals surface area contributed by atoms with Gasteiger partial charge >= 0.3 is 37.7 Å². The maximum atomic E-state index is 3.72. The average Bonchev–Trinajstić information content (AvgIpc) is 1.88. The monoisotopic (exact) mass is 154 g/mol. The number of unbranched alkanes of at least 4 members (excludes halogenated alkanes) is 3. The Kier molecular flexibility index (Phi) is 42.3. The van der Waals surface area contributed by atoms with Crippen molar-refractivity contribution in [3.05, 3.63) is 13.8 Å². The number of rotatable bonds is 3. The van der Waals surface area contributed by atoms with E-state index in [2.05, 4.69) is 20.8 Å². The smallest absolute Gasteiger partial charge is 0.346 e. The molecule has 0 saturated carbocycles. The van der Waals surface area contributed by atoms with Crippen LogP contribution in [-0.4, -0.2) is 37.7 Å². The van der Waals surface area contributed by atoms with Gasteiger partial charge in [-0.2, -0.15) is 13.3 Å². The van der Waals surface area contributed by atoms with Gasteiger partial charge in [-0.05, 0) is 0 Å². The van der Waals surface area contributed by atoms with Crippen molar-refractivity contribution in [3.63, 3.8) is 0 Å². The van der Waals surface area contributed by atoms with Crippen LogP contribution in [-0.2, 0) is 0 Å². The molecular formula is C8H18Ca. The summed E-state index contributed by atoms with van der Waals surface area (Å²) >= 11 is 0. The Balaban J connectivity index is -0.000000109. The Labute approximate surface area is 90.4 Å². The van der Waals surface area contributed by atoms with E-state index < -0.39 is 0 Å². The molecule has 0 bridgehead atoms. The van der Waals surface area contributed by atoms with Crippen LogP contribution in [0.25, 0.3) is 0 Å². The zero-order chi connectivity index (χ0) is 6.83. The van der Waals surface area contributed by atoms with Gasteiger partial charge in [0.1, 0.15) is 0 Å². The van der Waals surface area contributed by atoms with E-state index >= 15 is 0 Å². The van der Waals surface area contributed by atoms with Crippen molar-refractivity contribution in [2.45, 2.75) is 39.5 Å². The van der Waals surface area contributed by atoms with E-state index in [1.807, 2.05) is 0 Å². The fourth-order valence-electron chi connectivity index (χ4n) is 0.427. The van der Waals surface area contributed by atoms with Crippen LogP contribution in [0, 0.1) is 13.8 Å². The standard InChI is InChI=1S/C6H13.C2H5.Ca/c1-3-5-6-4-2;1-2;/h1,3-6H2,2H3;1H2,2H3;/q2*-1;+2. The molecule has 0 rings (SSSR count). The van der Waals surface area contributed by atoms with Gasteiger partial charge in [0.15, 0.2) is 0 Å². The zero-order valence-corrected chi connectivity index (χ0v) is 9.16. The molecule has 0 unspecified atom stereocenters. The van der Waals surface area contributed by atoms with Crippen molar-refractivity contribution in [2.24, 2.45) is 0 Å². The molecule has 0 saturated heterocycles. The first-order valence-electron chi connectivity index (χ1n) is 3.41. The Morgan fingerprint density at radius 1 is 1.11 bits per heavy atom. The molecule has 0 amide bonds. The second-order valence-corrected chi connectivity index (χ2v) is 1.56. The van der Waals surface area contributed by atoms with Crippen molar-refractivity contribution >= 4 is 37.7 Å². The molecule has 0 N–H and O–H groups in total. The molecule has 0 aromatic carbocycles. The minimum Gasteiger partial charge on any atom is -0.346 e. The van der Waals surface area contributed by atoms with Crippen molar-refractivity contribution < 1.29 is 0 Å². The summed E-state index contributed by atoms with van der Waals surface area (Å²) in [6.45, 7) is 10.9. The van der Waals surface area contributed by atoms with E-state index in [4.69, 9.17) is 0 Å². The van der Waals surface area contributed by atoms with Crippen LogP contribution >= 0.6 is 0 Å². The molecule has 52 valence electrons. The summed E-state index contributed by atoms with van der Waals surface area (Å²) in [7, 11) is 0. The van der Waals surface area contributed by atoms with Crippen LogP contribution in [0.15, 0.2) is 0 Å². The van der Waals surface area contributed by atoms with Gasteiger partial charge < -0.3 is 13.8 Å². The molecule has 0 heterocycles. The predicted molar refractivity (Wildman–Crippen MR) is 46.3 cm³/mol. The van der Waals surface area contributed by atoms with Crippen LogP contribution in [0.2, 0.25) is 0 Å². The summed E-state index contributed by atoms with van der Waals surface area (Å²) in [6, 6.07) is 0. The van der Waals surface area contributed by atoms with E-state index in [1.54, 1.807) is 6.92 Å². The minimum absolute atomic E-state index is 0. The molecule has 0 radical (unpaired) electrons. The van der Waals surface area contributed by atoms with Crippen LogP contribution in [0.1, 0.15) is 39.5 Å². The van der Waals surface area contributed by atoms with E-state index in [0.29, 0.717) is 0 Å². The summed E-state index contributed by atoms with van der Waals surface area (Å²) in [5.41, 5.74) is 0. The second-order valence-electron chi connectivity index (χ2n) is 1.56. The molecule has 0 nitrogen and oxygen atoms in total. The summed E-state index contributed by atoms with van der Waals surface area (Å²) in [5, 5.41) is 0. The van der Waals surface area contributed by atoms with Crippen LogP contribution in [0.4, 0.5) is 0 Å². The van der Waals surface area contributed by atoms with E-state index in [9.17, 15) is 0 Å². The van der Waals surface area contributed by atoms with Crippen LogP contribution in [0.5, 0.6) is 0 Å². The predicted octanol–water partition coefficient (Wildman–Crippen LogP) is 2.86. The van der Waals surface area contributed by atoms with Gasteiger partial charge in [-0.1, -0.05) is 26.2 Å². The minimum atomic E-state index is 0. The fraction of sp³-hybridized carbons (Fsp3) is 0.750. The van der Waals surface area contributed by atoms with Crippen molar-refractivity contribution in [1.82, 2.24) is 0 Å². The Hall–Kier alpha value is 1.26. The van der Waals surface area contributed by atoms with Gasteiger partial charge in [-0.3, -0.25) is 0 Å². The van der Waals surface area contributed by atoms with E-state index in [1.165, 1.54) is 19.3 Å². The Morgan fingerprint density at radius 3 is 1.67 bits per heavy atom. The molecule has 0 aliphatic rings. The quantitative estimate of drug-likeness (QED) is 0.333. The third-order valence-corrected chi connectivity index (χ3v) is 0.854. The van der Waals surface area contributed by atoms with Gasteiger partial charge in [-0.15, -0.1) is 0 Å². The van der Waals surface area contributed by atoms with Crippen molar-refractivity contribution in [2.75, 3.05) is 0 Å². The molecule has 1 heteroatoms. The van der Waals surface area contributed by atoms with Gasteiger partial charge in [0.25, 0.3) is 0 Å². The summed E-state index contributed by atoms with van der Waals surface area (Å²) in [4.78, 5) is 0. The third kappa shape index (κ3) is 26.9. The first-order valence-corrected chi connectivity index (χ1v) is 3.41. The van der Waals surface area contributed by atoms with Gasteiger partial charge in [0.05, 0.1) is 0 Å². The van der Waals surface area contributed by atoms with Crippen LogP contribution < -0.4 is 0 Å². The first-order chi connectivity index (χ1) is 3.91. The molecule has 0 aromatic heterocycles. The normalized spacial score (nSPS) is 6.67. The molecule has 0 spiro atoms. The van der Waals surface area contributed by atoms with E-state index in [-0.39, 0.29) is 37.7 Å². The average molecular weight is 154 g/mol.